The number of aromatic nitrogens is 2. The second kappa shape index (κ2) is 8.84. The van der Waals surface area contributed by atoms with Crippen molar-refractivity contribution in [3.05, 3.63) is 47.2 Å². The van der Waals surface area contributed by atoms with E-state index in [1.165, 1.54) is 5.56 Å². The number of nitrogens with zero attached hydrogens (tertiary/aromatic N) is 3. The molecule has 144 valence electrons. The molecule has 0 saturated carbocycles. The third-order valence-corrected chi connectivity index (χ3v) is 4.85. The fourth-order valence-electron chi connectivity index (χ4n) is 3.05. The van der Waals surface area contributed by atoms with Gasteiger partial charge in [-0.1, -0.05) is 36.8 Å². The van der Waals surface area contributed by atoms with Crippen molar-refractivity contribution >= 4 is 11.9 Å². The number of aryl methyl sites for hydroxylation is 2. The van der Waals surface area contributed by atoms with Gasteiger partial charge >= 0.3 is 0 Å². The van der Waals surface area contributed by atoms with Crippen molar-refractivity contribution in [2.75, 3.05) is 24.6 Å². The number of amides is 1. The van der Waals surface area contributed by atoms with Crippen LogP contribution in [0.3, 0.4) is 0 Å². The van der Waals surface area contributed by atoms with Gasteiger partial charge in [0.1, 0.15) is 0 Å². The minimum atomic E-state index is -0.166. The van der Waals surface area contributed by atoms with Gasteiger partial charge in [-0.15, -0.1) is 0 Å². The lowest BCUT2D eigenvalue weighted by molar-refractivity contribution is -0.123. The molecular formula is C21H28N4O2. The van der Waals surface area contributed by atoms with Gasteiger partial charge in [0.05, 0.1) is 0 Å². The van der Waals surface area contributed by atoms with E-state index in [0.29, 0.717) is 18.4 Å². The van der Waals surface area contributed by atoms with Crippen LogP contribution < -0.4 is 15.0 Å². The number of anilines is 1. The predicted octanol–water partition coefficient (Wildman–Crippen LogP) is 3.02. The van der Waals surface area contributed by atoms with Crippen LogP contribution in [0.25, 0.3) is 0 Å². The summed E-state index contributed by atoms with van der Waals surface area (Å²) in [5, 5.41) is 2.87. The molecular weight excluding hydrogens is 340 g/mol. The molecule has 6 nitrogen and oxygen atoms in total. The number of nitrogens with one attached hydrogen (secondary N) is 1. The zero-order valence-electron chi connectivity index (χ0n) is 16.4. The summed E-state index contributed by atoms with van der Waals surface area (Å²) in [6.45, 7) is 8.59. The van der Waals surface area contributed by atoms with Crippen molar-refractivity contribution in [3.63, 3.8) is 0 Å². The summed E-state index contributed by atoms with van der Waals surface area (Å²) in [6, 6.07) is 9.85. The number of piperidine rings is 1. The summed E-state index contributed by atoms with van der Waals surface area (Å²) in [5.41, 5.74) is 3.11. The molecule has 0 aliphatic carbocycles. The van der Waals surface area contributed by atoms with Crippen LogP contribution in [0.1, 0.15) is 36.6 Å². The molecule has 1 aromatic carbocycles. The Balaban J connectivity index is 1.52. The molecule has 3 rings (SSSR count). The van der Waals surface area contributed by atoms with E-state index in [-0.39, 0.29) is 12.5 Å². The van der Waals surface area contributed by atoms with Gasteiger partial charge in [-0.05, 0) is 38.2 Å². The number of hydrogen-bond acceptors (Lipinski definition) is 5. The summed E-state index contributed by atoms with van der Waals surface area (Å²) >= 11 is 0. The average molecular weight is 368 g/mol. The van der Waals surface area contributed by atoms with E-state index in [9.17, 15) is 4.79 Å². The molecule has 1 N–H and O–H groups in total. The number of carbonyl (C=O) groups excluding carboxylic acids is 1. The van der Waals surface area contributed by atoms with Gasteiger partial charge in [-0.25, -0.2) is 4.98 Å². The molecule has 1 amide bonds. The fourth-order valence-corrected chi connectivity index (χ4v) is 3.05. The van der Waals surface area contributed by atoms with Crippen molar-refractivity contribution in [1.82, 2.24) is 15.3 Å². The maximum Gasteiger partial charge on any atom is 0.258 e. The quantitative estimate of drug-likeness (QED) is 0.849. The van der Waals surface area contributed by atoms with E-state index in [1.807, 2.05) is 38.1 Å². The van der Waals surface area contributed by atoms with E-state index >= 15 is 0 Å². The van der Waals surface area contributed by atoms with Crippen LogP contribution in [-0.4, -0.2) is 35.6 Å². The summed E-state index contributed by atoms with van der Waals surface area (Å²) in [5.74, 6) is 1.72. The van der Waals surface area contributed by atoms with Crippen LogP contribution in [0.4, 0.5) is 5.95 Å². The third kappa shape index (κ3) is 5.67. The van der Waals surface area contributed by atoms with Crippen molar-refractivity contribution in [2.24, 2.45) is 5.92 Å². The zero-order valence-corrected chi connectivity index (χ0v) is 16.4. The highest BCUT2D eigenvalue weighted by molar-refractivity contribution is 5.77. The van der Waals surface area contributed by atoms with Crippen LogP contribution in [0.5, 0.6) is 5.88 Å². The number of hydrogen-bond donors (Lipinski definition) is 1. The van der Waals surface area contributed by atoms with Crippen molar-refractivity contribution in [1.29, 1.82) is 0 Å². The molecule has 1 saturated heterocycles. The minimum absolute atomic E-state index is 0.0568. The molecule has 1 fully saturated rings. The molecule has 1 aromatic heterocycles. The number of rotatable bonds is 6. The predicted molar refractivity (Wildman–Crippen MR) is 106 cm³/mol. The van der Waals surface area contributed by atoms with E-state index in [0.717, 1.165) is 43.1 Å². The first-order chi connectivity index (χ1) is 13.0. The first-order valence-electron chi connectivity index (χ1n) is 9.55. The maximum absolute atomic E-state index is 12.1. The Kier molecular flexibility index (Phi) is 6.27. The SMILES string of the molecule is Cc1ccc(CNC(=O)COc2cc(C)nc(N3CCC(C)CC3)n2)cc1. The Morgan fingerprint density at radius 1 is 1.19 bits per heavy atom. The highest BCUT2D eigenvalue weighted by Gasteiger charge is 2.19. The Bertz CT molecular complexity index is 768. The second-order valence-corrected chi connectivity index (χ2v) is 7.37. The number of benzene rings is 1. The van der Waals surface area contributed by atoms with E-state index in [4.69, 9.17) is 4.74 Å². The van der Waals surface area contributed by atoms with Crippen LogP contribution in [0, 0.1) is 19.8 Å². The van der Waals surface area contributed by atoms with Crippen molar-refractivity contribution in [2.45, 2.75) is 40.2 Å². The van der Waals surface area contributed by atoms with Gasteiger partial charge in [0.15, 0.2) is 6.61 Å². The Morgan fingerprint density at radius 3 is 2.59 bits per heavy atom. The largest absolute Gasteiger partial charge is 0.467 e. The molecule has 1 aliphatic rings. The minimum Gasteiger partial charge on any atom is -0.467 e. The van der Waals surface area contributed by atoms with Gasteiger partial charge in [-0.3, -0.25) is 4.79 Å². The molecule has 0 unspecified atom stereocenters. The maximum atomic E-state index is 12.1. The van der Waals surface area contributed by atoms with Crippen LogP contribution in [0.2, 0.25) is 0 Å². The summed E-state index contributed by atoms with van der Waals surface area (Å²) in [4.78, 5) is 23.3. The smallest absolute Gasteiger partial charge is 0.258 e. The van der Waals surface area contributed by atoms with Gasteiger partial charge in [0.2, 0.25) is 11.8 Å². The summed E-state index contributed by atoms with van der Waals surface area (Å²) in [6.07, 6.45) is 2.30. The molecule has 0 radical (unpaired) electrons. The topological polar surface area (TPSA) is 67.3 Å². The van der Waals surface area contributed by atoms with Crippen LogP contribution in [-0.2, 0) is 11.3 Å². The van der Waals surface area contributed by atoms with Gasteiger partial charge in [0, 0.05) is 31.4 Å². The Labute approximate surface area is 161 Å². The fraction of sp³-hybridized carbons (Fsp3) is 0.476. The zero-order chi connectivity index (χ0) is 19.2. The summed E-state index contributed by atoms with van der Waals surface area (Å²) < 4.78 is 5.62. The third-order valence-electron chi connectivity index (χ3n) is 4.85. The number of carbonyl (C=O) groups is 1. The van der Waals surface area contributed by atoms with Crippen molar-refractivity contribution in [3.8, 4) is 5.88 Å². The molecule has 2 aromatic rings. The molecule has 0 spiro atoms. The highest BCUT2D eigenvalue weighted by atomic mass is 16.5. The molecule has 2 heterocycles. The number of ether oxygens (including phenoxy) is 1. The lowest BCUT2D eigenvalue weighted by Crippen LogP contribution is -2.34. The van der Waals surface area contributed by atoms with E-state index < -0.39 is 0 Å². The van der Waals surface area contributed by atoms with E-state index in [2.05, 4.69) is 27.1 Å². The van der Waals surface area contributed by atoms with E-state index in [1.54, 1.807) is 6.07 Å². The highest BCUT2D eigenvalue weighted by Crippen LogP contribution is 2.22. The average Bonchev–Trinajstić information content (AvgIpc) is 2.66. The van der Waals surface area contributed by atoms with Gasteiger partial charge < -0.3 is 15.0 Å². The molecule has 27 heavy (non-hydrogen) atoms. The lowest BCUT2D eigenvalue weighted by atomic mass is 10.00. The first kappa shape index (κ1) is 19.1. The molecule has 1 aliphatic heterocycles. The van der Waals surface area contributed by atoms with Crippen LogP contribution in [0.15, 0.2) is 30.3 Å². The lowest BCUT2D eigenvalue weighted by Gasteiger charge is -2.30. The van der Waals surface area contributed by atoms with Crippen LogP contribution >= 0.6 is 0 Å². The second-order valence-electron chi connectivity index (χ2n) is 7.37. The van der Waals surface area contributed by atoms with Gasteiger partial charge in [0.25, 0.3) is 5.91 Å². The normalized spacial score (nSPS) is 14.9. The molecule has 0 bridgehead atoms. The Morgan fingerprint density at radius 2 is 1.89 bits per heavy atom. The van der Waals surface area contributed by atoms with Crippen molar-refractivity contribution < 1.29 is 9.53 Å². The van der Waals surface area contributed by atoms with Gasteiger partial charge in [-0.2, -0.15) is 4.98 Å². The molecule has 6 heteroatoms. The Hall–Kier alpha value is -2.63. The first-order valence-corrected chi connectivity index (χ1v) is 9.55. The summed E-state index contributed by atoms with van der Waals surface area (Å²) in [7, 11) is 0. The monoisotopic (exact) mass is 368 g/mol. The molecule has 0 atom stereocenters. The standard InChI is InChI=1S/C21H28N4O2/c1-15-4-6-18(7-5-15)13-22-19(26)14-27-20-12-17(3)23-21(24-20)25-10-8-16(2)9-11-25/h4-7,12,16H,8-11,13-14H2,1-3H3,(H,22,26).